The van der Waals surface area contributed by atoms with Crippen LogP contribution < -0.4 is 0 Å². The fourth-order valence-corrected chi connectivity index (χ4v) is 2.86. The molecule has 0 nitrogen and oxygen atoms in total. The van der Waals surface area contributed by atoms with Crippen LogP contribution in [0.5, 0.6) is 0 Å². The molecule has 0 saturated heterocycles. The Labute approximate surface area is 101 Å². The molecule has 3 heteroatoms. The average molecular weight is 324 g/mol. The van der Waals surface area contributed by atoms with Gasteiger partial charge in [0.2, 0.25) is 0 Å². The highest BCUT2D eigenvalue weighted by Gasteiger charge is 1.94. The molecular weight excluding hydrogens is 312 g/mol. The van der Waals surface area contributed by atoms with Gasteiger partial charge in [0, 0.05) is 14.7 Å². The number of hydrogen-bond acceptors (Lipinski definition) is 1. The van der Waals surface area contributed by atoms with Crippen LogP contribution in [0.3, 0.4) is 0 Å². The zero-order valence-corrected chi connectivity index (χ0v) is 11.3. The first kappa shape index (κ1) is 11.6. The molecule has 0 amide bonds. The number of thioether (sulfide) groups is 1. The second-order valence-electron chi connectivity index (χ2n) is 2.70. The summed E-state index contributed by atoms with van der Waals surface area (Å²) in [6.07, 6.45) is 2.55. The van der Waals surface area contributed by atoms with Gasteiger partial charge in [-0.1, -0.05) is 37.9 Å². The summed E-state index contributed by atoms with van der Waals surface area (Å²) in [6, 6.07) is 8.46. The van der Waals surface area contributed by atoms with Gasteiger partial charge < -0.3 is 0 Å². The Bertz CT molecular complexity index is 250. The van der Waals surface area contributed by atoms with E-state index in [9.17, 15) is 0 Å². The summed E-state index contributed by atoms with van der Waals surface area (Å²) >= 11 is 8.82. The van der Waals surface area contributed by atoms with Crippen LogP contribution in [0.2, 0.25) is 0 Å². The molecule has 1 aromatic rings. The lowest BCUT2D eigenvalue weighted by Crippen LogP contribution is -1.81. The standard InChI is InChI=1S/C10H12Br2S/c11-6-1-2-7-13-10-5-3-4-9(12)8-10/h3-5,8H,1-2,6-7H2. The predicted octanol–water partition coefficient (Wildman–Crippen LogP) is 4.72. The number of benzene rings is 1. The zero-order chi connectivity index (χ0) is 9.52. The second kappa shape index (κ2) is 6.91. The van der Waals surface area contributed by atoms with E-state index in [1.807, 2.05) is 11.8 Å². The summed E-state index contributed by atoms with van der Waals surface area (Å²) in [4.78, 5) is 1.35. The van der Waals surface area contributed by atoms with Crippen molar-refractivity contribution in [2.24, 2.45) is 0 Å². The topological polar surface area (TPSA) is 0 Å². The van der Waals surface area contributed by atoms with Gasteiger partial charge in [0.15, 0.2) is 0 Å². The van der Waals surface area contributed by atoms with Crippen molar-refractivity contribution < 1.29 is 0 Å². The van der Waals surface area contributed by atoms with E-state index in [1.54, 1.807) is 0 Å². The Hall–Kier alpha value is 0.530. The summed E-state index contributed by atoms with van der Waals surface area (Å²) < 4.78 is 1.16. The molecule has 0 heterocycles. The highest BCUT2D eigenvalue weighted by molar-refractivity contribution is 9.10. The molecule has 0 aliphatic carbocycles. The van der Waals surface area contributed by atoms with Crippen LogP contribution in [-0.2, 0) is 0 Å². The van der Waals surface area contributed by atoms with Crippen LogP contribution in [0.4, 0.5) is 0 Å². The predicted molar refractivity (Wildman–Crippen MR) is 67.9 cm³/mol. The summed E-state index contributed by atoms with van der Waals surface area (Å²) in [5.74, 6) is 1.21. The van der Waals surface area contributed by atoms with Crippen LogP contribution in [0.25, 0.3) is 0 Å². The first-order valence-corrected chi connectivity index (χ1v) is 7.17. The summed E-state index contributed by atoms with van der Waals surface area (Å²) in [6.45, 7) is 0. The number of alkyl halides is 1. The van der Waals surface area contributed by atoms with Crippen LogP contribution in [0.15, 0.2) is 33.6 Å². The van der Waals surface area contributed by atoms with Crippen molar-refractivity contribution in [3.63, 3.8) is 0 Å². The Balaban J connectivity index is 2.28. The van der Waals surface area contributed by atoms with Gasteiger partial charge in [0.1, 0.15) is 0 Å². The first-order chi connectivity index (χ1) is 6.33. The molecule has 1 aromatic carbocycles. The molecule has 1 rings (SSSR count). The van der Waals surface area contributed by atoms with Crippen LogP contribution in [0.1, 0.15) is 12.8 Å². The van der Waals surface area contributed by atoms with E-state index in [-0.39, 0.29) is 0 Å². The van der Waals surface area contributed by atoms with Crippen molar-refractivity contribution >= 4 is 43.6 Å². The van der Waals surface area contributed by atoms with Gasteiger partial charge in [-0.15, -0.1) is 11.8 Å². The Morgan fingerprint density at radius 1 is 1.23 bits per heavy atom. The molecule has 13 heavy (non-hydrogen) atoms. The van der Waals surface area contributed by atoms with Crippen molar-refractivity contribution in [3.8, 4) is 0 Å². The first-order valence-electron chi connectivity index (χ1n) is 4.27. The molecule has 0 bridgehead atoms. The van der Waals surface area contributed by atoms with Gasteiger partial charge >= 0.3 is 0 Å². The molecule has 0 aromatic heterocycles. The lowest BCUT2D eigenvalue weighted by molar-refractivity contribution is 0.913. The van der Waals surface area contributed by atoms with Crippen molar-refractivity contribution in [1.29, 1.82) is 0 Å². The maximum atomic E-state index is 3.46. The molecule has 0 saturated carbocycles. The van der Waals surface area contributed by atoms with Gasteiger partial charge in [-0.3, -0.25) is 0 Å². The lowest BCUT2D eigenvalue weighted by Gasteiger charge is -2.00. The van der Waals surface area contributed by atoms with Gasteiger partial charge in [-0.25, -0.2) is 0 Å². The zero-order valence-electron chi connectivity index (χ0n) is 7.30. The number of unbranched alkanes of at least 4 members (excludes halogenated alkanes) is 1. The lowest BCUT2D eigenvalue weighted by atomic mass is 10.4. The third kappa shape index (κ3) is 5.08. The van der Waals surface area contributed by atoms with Crippen molar-refractivity contribution in [1.82, 2.24) is 0 Å². The Morgan fingerprint density at radius 2 is 2.08 bits per heavy atom. The van der Waals surface area contributed by atoms with Crippen molar-refractivity contribution in [2.45, 2.75) is 17.7 Å². The molecule has 0 aliphatic rings. The fraction of sp³-hybridized carbons (Fsp3) is 0.400. The van der Waals surface area contributed by atoms with Gasteiger partial charge in [-0.2, -0.15) is 0 Å². The SMILES string of the molecule is BrCCCCSc1cccc(Br)c1. The third-order valence-electron chi connectivity index (χ3n) is 1.59. The quantitative estimate of drug-likeness (QED) is 0.429. The van der Waals surface area contributed by atoms with Crippen LogP contribution >= 0.6 is 43.6 Å². The van der Waals surface area contributed by atoms with Gasteiger partial charge in [0.25, 0.3) is 0 Å². The molecule has 0 aliphatic heterocycles. The minimum Gasteiger partial charge on any atom is -0.126 e. The van der Waals surface area contributed by atoms with Gasteiger partial charge in [-0.05, 0) is 36.8 Å². The maximum absolute atomic E-state index is 3.46. The minimum absolute atomic E-state index is 1.12. The molecule has 0 unspecified atom stereocenters. The van der Waals surface area contributed by atoms with E-state index < -0.39 is 0 Å². The Morgan fingerprint density at radius 3 is 2.77 bits per heavy atom. The molecule has 0 N–H and O–H groups in total. The van der Waals surface area contributed by atoms with Crippen molar-refractivity contribution in [2.75, 3.05) is 11.1 Å². The van der Waals surface area contributed by atoms with Crippen molar-refractivity contribution in [3.05, 3.63) is 28.7 Å². The minimum atomic E-state index is 1.12. The molecule has 0 fully saturated rings. The van der Waals surface area contributed by atoms with E-state index in [2.05, 4.69) is 56.1 Å². The molecule has 0 radical (unpaired) electrons. The van der Waals surface area contributed by atoms with E-state index >= 15 is 0 Å². The van der Waals surface area contributed by atoms with Crippen LogP contribution in [-0.4, -0.2) is 11.1 Å². The van der Waals surface area contributed by atoms with Gasteiger partial charge in [0.05, 0.1) is 0 Å². The van der Waals surface area contributed by atoms with E-state index in [1.165, 1.54) is 23.5 Å². The van der Waals surface area contributed by atoms with Crippen LogP contribution in [0, 0.1) is 0 Å². The smallest absolute Gasteiger partial charge is 0.0186 e. The third-order valence-corrected chi connectivity index (χ3v) is 3.73. The molecule has 72 valence electrons. The van der Waals surface area contributed by atoms with E-state index in [4.69, 9.17) is 0 Å². The molecule has 0 spiro atoms. The fourth-order valence-electron chi connectivity index (χ4n) is 0.943. The summed E-state index contributed by atoms with van der Waals surface area (Å²) in [7, 11) is 0. The van der Waals surface area contributed by atoms with E-state index in [0.29, 0.717) is 0 Å². The number of rotatable bonds is 5. The highest BCUT2D eigenvalue weighted by atomic mass is 79.9. The maximum Gasteiger partial charge on any atom is 0.0186 e. The van der Waals surface area contributed by atoms with E-state index in [0.717, 1.165) is 9.80 Å². The Kier molecular flexibility index (Phi) is 6.16. The molecule has 0 atom stereocenters. The average Bonchev–Trinajstić information content (AvgIpc) is 2.13. The monoisotopic (exact) mass is 322 g/mol. The summed E-state index contributed by atoms with van der Waals surface area (Å²) in [5.41, 5.74) is 0. The highest BCUT2D eigenvalue weighted by Crippen LogP contribution is 2.22. The number of hydrogen-bond donors (Lipinski definition) is 0. The summed E-state index contributed by atoms with van der Waals surface area (Å²) in [5, 5.41) is 1.12. The normalized spacial score (nSPS) is 10.3. The molecular formula is C10H12Br2S. The number of halogens is 2. The second-order valence-corrected chi connectivity index (χ2v) is 5.58. The largest absolute Gasteiger partial charge is 0.126 e.